The van der Waals surface area contributed by atoms with Crippen LogP contribution in [0.1, 0.15) is 26.2 Å². The predicted octanol–water partition coefficient (Wildman–Crippen LogP) is 0.786. The van der Waals surface area contributed by atoms with Crippen LogP contribution in [-0.4, -0.2) is 62.5 Å². The molecular formula is C13H27N3O. The summed E-state index contributed by atoms with van der Waals surface area (Å²) in [5.74, 6) is 1.10. The van der Waals surface area contributed by atoms with Gasteiger partial charge >= 0.3 is 0 Å². The molecule has 17 heavy (non-hydrogen) atoms. The molecule has 4 nitrogen and oxygen atoms in total. The Bertz CT molecular complexity index is 225. The standard InChI is InChI=1S/C13H27N3O/c1-4-15(3)13(17)11-16-9-6-12(7-10-16)5-8-14-2/h12,14H,4-11H2,1-3H3. The summed E-state index contributed by atoms with van der Waals surface area (Å²) in [5.41, 5.74) is 0. The van der Waals surface area contributed by atoms with Gasteiger partial charge in [0.2, 0.25) is 5.91 Å². The fourth-order valence-electron chi connectivity index (χ4n) is 2.27. The summed E-state index contributed by atoms with van der Waals surface area (Å²) in [5, 5.41) is 3.21. The van der Waals surface area contributed by atoms with Crippen LogP contribution in [0, 0.1) is 5.92 Å². The summed E-state index contributed by atoms with van der Waals surface area (Å²) < 4.78 is 0. The lowest BCUT2D eigenvalue weighted by atomic mass is 9.93. The third-order valence-electron chi connectivity index (χ3n) is 3.77. The minimum Gasteiger partial charge on any atom is -0.345 e. The van der Waals surface area contributed by atoms with Crippen LogP contribution in [0.4, 0.5) is 0 Å². The number of hydrogen-bond donors (Lipinski definition) is 1. The Morgan fingerprint density at radius 3 is 2.59 bits per heavy atom. The molecule has 0 aromatic rings. The van der Waals surface area contributed by atoms with Crippen LogP contribution in [0.15, 0.2) is 0 Å². The van der Waals surface area contributed by atoms with Gasteiger partial charge in [-0.25, -0.2) is 0 Å². The SMILES string of the molecule is CCN(C)C(=O)CN1CCC(CCNC)CC1. The van der Waals surface area contributed by atoms with E-state index in [-0.39, 0.29) is 5.91 Å². The van der Waals surface area contributed by atoms with Gasteiger partial charge in [-0.3, -0.25) is 9.69 Å². The Morgan fingerprint density at radius 1 is 1.41 bits per heavy atom. The van der Waals surface area contributed by atoms with Crippen molar-refractivity contribution in [1.29, 1.82) is 0 Å². The molecule has 0 unspecified atom stereocenters. The predicted molar refractivity (Wildman–Crippen MR) is 71.0 cm³/mol. The third kappa shape index (κ3) is 5.04. The number of carbonyl (C=O) groups excluding carboxylic acids is 1. The van der Waals surface area contributed by atoms with Crippen LogP contribution in [0.25, 0.3) is 0 Å². The molecule has 1 amide bonds. The second-order valence-electron chi connectivity index (χ2n) is 5.02. The molecule has 0 aliphatic carbocycles. The molecule has 0 radical (unpaired) electrons. The van der Waals surface area contributed by atoms with E-state index in [1.165, 1.54) is 19.3 Å². The zero-order chi connectivity index (χ0) is 12.7. The molecule has 1 aliphatic heterocycles. The maximum absolute atomic E-state index is 11.8. The van der Waals surface area contributed by atoms with Gasteiger partial charge in [-0.2, -0.15) is 0 Å². The zero-order valence-corrected chi connectivity index (χ0v) is 11.5. The highest BCUT2D eigenvalue weighted by Gasteiger charge is 2.21. The second-order valence-corrected chi connectivity index (χ2v) is 5.02. The van der Waals surface area contributed by atoms with Crippen LogP contribution in [0.2, 0.25) is 0 Å². The van der Waals surface area contributed by atoms with Crippen molar-refractivity contribution < 1.29 is 4.79 Å². The highest BCUT2D eigenvalue weighted by atomic mass is 16.2. The average molecular weight is 241 g/mol. The van der Waals surface area contributed by atoms with E-state index in [1.54, 1.807) is 4.90 Å². The third-order valence-corrected chi connectivity index (χ3v) is 3.77. The van der Waals surface area contributed by atoms with Crippen molar-refractivity contribution in [1.82, 2.24) is 15.1 Å². The van der Waals surface area contributed by atoms with Gasteiger partial charge in [0.25, 0.3) is 0 Å². The quantitative estimate of drug-likeness (QED) is 0.747. The molecule has 0 spiro atoms. The maximum atomic E-state index is 11.8. The first-order valence-electron chi connectivity index (χ1n) is 6.78. The van der Waals surface area contributed by atoms with Crippen molar-refractivity contribution in [2.24, 2.45) is 5.92 Å². The first-order valence-corrected chi connectivity index (χ1v) is 6.78. The molecule has 1 heterocycles. The Morgan fingerprint density at radius 2 is 2.06 bits per heavy atom. The maximum Gasteiger partial charge on any atom is 0.236 e. The molecule has 0 atom stereocenters. The number of rotatable bonds is 6. The van der Waals surface area contributed by atoms with Crippen molar-refractivity contribution in [3.05, 3.63) is 0 Å². The first-order chi connectivity index (χ1) is 8.17. The molecule has 1 fully saturated rings. The van der Waals surface area contributed by atoms with Gasteiger partial charge in [0.15, 0.2) is 0 Å². The minimum atomic E-state index is 0.251. The normalized spacial score (nSPS) is 18.3. The van der Waals surface area contributed by atoms with Crippen LogP contribution in [-0.2, 0) is 4.79 Å². The molecule has 1 saturated heterocycles. The Hall–Kier alpha value is -0.610. The molecule has 1 rings (SSSR count). The average Bonchev–Trinajstić information content (AvgIpc) is 2.37. The Kier molecular flexibility index (Phi) is 6.52. The van der Waals surface area contributed by atoms with Crippen molar-refractivity contribution >= 4 is 5.91 Å². The lowest BCUT2D eigenvalue weighted by Gasteiger charge is -2.32. The van der Waals surface area contributed by atoms with Gasteiger partial charge in [0, 0.05) is 13.6 Å². The van der Waals surface area contributed by atoms with E-state index in [1.807, 2.05) is 21.0 Å². The van der Waals surface area contributed by atoms with E-state index in [0.29, 0.717) is 6.54 Å². The lowest BCUT2D eigenvalue weighted by molar-refractivity contribution is -0.131. The molecule has 4 heteroatoms. The molecular weight excluding hydrogens is 214 g/mol. The van der Waals surface area contributed by atoms with E-state index < -0.39 is 0 Å². The summed E-state index contributed by atoms with van der Waals surface area (Å²) in [6.45, 7) is 6.69. The highest BCUT2D eigenvalue weighted by Crippen LogP contribution is 2.19. The fourth-order valence-corrected chi connectivity index (χ4v) is 2.27. The smallest absolute Gasteiger partial charge is 0.236 e. The largest absolute Gasteiger partial charge is 0.345 e. The monoisotopic (exact) mass is 241 g/mol. The minimum absolute atomic E-state index is 0.251. The number of nitrogens with one attached hydrogen (secondary N) is 1. The van der Waals surface area contributed by atoms with Gasteiger partial charge in [-0.15, -0.1) is 0 Å². The van der Waals surface area contributed by atoms with Crippen LogP contribution in [0.5, 0.6) is 0 Å². The fraction of sp³-hybridized carbons (Fsp3) is 0.923. The van der Waals surface area contributed by atoms with Gasteiger partial charge in [-0.1, -0.05) is 0 Å². The summed E-state index contributed by atoms with van der Waals surface area (Å²) in [4.78, 5) is 15.9. The Labute approximate surface area is 105 Å². The highest BCUT2D eigenvalue weighted by molar-refractivity contribution is 5.77. The summed E-state index contributed by atoms with van der Waals surface area (Å²) in [6.07, 6.45) is 3.75. The lowest BCUT2D eigenvalue weighted by Crippen LogP contribution is -2.42. The molecule has 100 valence electrons. The van der Waals surface area contributed by atoms with Crippen LogP contribution < -0.4 is 5.32 Å². The first kappa shape index (κ1) is 14.5. The van der Waals surface area contributed by atoms with Crippen LogP contribution >= 0.6 is 0 Å². The molecule has 1 N–H and O–H groups in total. The van der Waals surface area contributed by atoms with Crippen molar-refractivity contribution in [3.63, 3.8) is 0 Å². The molecule has 0 bridgehead atoms. The van der Waals surface area contributed by atoms with Crippen molar-refractivity contribution in [2.45, 2.75) is 26.2 Å². The van der Waals surface area contributed by atoms with Gasteiger partial charge in [0.1, 0.15) is 0 Å². The number of likely N-dealkylation sites (tertiary alicyclic amines) is 1. The number of hydrogen-bond acceptors (Lipinski definition) is 3. The summed E-state index contributed by atoms with van der Waals surface area (Å²) in [7, 11) is 3.89. The summed E-state index contributed by atoms with van der Waals surface area (Å²) in [6, 6.07) is 0. The van der Waals surface area contributed by atoms with E-state index in [9.17, 15) is 4.79 Å². The number of amides is 1. The molecule has 0 aromatic heterocycles. The molecule has 0 aromatic carbocycles. The second kappa shape index (κ2) is 7.67. The van der Waals surface area contributed by atoms with E-state index in [2.05, 4.69) is 10.2 Å². The topological polar surface area (TPSA) is 35.6 Å². The zero-order valence-electron chi connectivity index (χ0n) is 11.5. The Balaban J connectivity index is 2.20. The number of piperidine rings is 1. The molecule has 0 saturated carbocycles. The van der Waals surface area contributed by atoms with E-state index in [0.717, 1.165) is 32.1 Å². The van der Waals surface area contributed by atoms with Gasteiger partial charge in [-0.05, 0) is 58.8 Å². The van der Waals surface area contributed by atoms with Gasteiger partial charge in [0.05, 0.1) is 6.54 Å². The number of carbonyl (C=O) groups is 1. The molecule has 1 aliphatic rings. The van der Waals surface area contributed by atoms with Crippen LogP contribution in [0.3, 0.4) is 0 Å². The number of likely N-dealkylation sites (N-methyl/N-ethyl adjacent to an activating group) is 1. The van der Waals surface area contributed by atoms with E-state index in [4.69, 9.17) is 0 Å². The van der Waals surface area contributed by atoms with Crippen molar-refractivity contribution in [3.8, 4) is 0 Å². The summed E-state index contributed by atoms with van der Waals surface area (Å²) >= 11 is 0. The van der Waals surface area contributed by atoms with Crippen molar-refractivity contribution in [2.75, 3.05) is 46.8 Å². The van der Waals surface area contributed by atoms with Gasteiger partial charge < -0.3 is 10.2 Å². The number of nitrogens with zero attached hydrogens (tertiary/aromatic N) is 2. The van der Waals surface area contributed by atoms with E-state index >= 15 is 0 Å².